The van der Waals surface area contributed by atoms with Crippen LogP contribution in [-0.2, 0) is 32.1 Å². The zero-order valence-electron chi connectivity index (χ0n) is 30.2. The summed E-state index contributed by atoms with van der Waals surface area (Å²) in [5, 5.41) is 0. The fraction of sp³-hybridized carbons (Fsp3) is 0.512. The number of hydrogen-bond donors (Lipinski definition) is 0. The van der Waals surface area contributed by atoms with Crippen LogP contribution in [0.1, 0.15) is 152 Å². The van der Waals surface area contributed by atoms with Crippen LogP contribution >= 0.6 is 0 Å². The summed E-state index contributed by atoms with van der Waals surface area (Å²) in [5.41, 5.74) is 19.3. The van der Waals surface area contributed by atoms with E-state index in [1.807, 2.05) is 6.49 Å². The summed E-state index contributed by atoms with van der Waals surface area (Å²) in [6.07, 6.45) is 15.9. The third kappa shape index (κ3) is 5.46. The molecule has 2 aromatic carbocycles. The number of allylic oxidation sites excluding steroid dienone is 8. The van der Waals surface area contributed by atoms with E-state index in [-0.39, 0.29) is 41.1 Å². The van der Waals surface area contributed by atoms with E-state index in [9.17, 15) is 0 Å². The Balaban J connectivity index is 0.00000208. The normalized spacial score (nSPS) is 22.1. The molecule has 1 fully saturated rings. The van der Waals surface area contributed by atoms with Crippen molar-refractivity contribution in [2.75, 3.05) is 0 Å². The maximum atomic E-state index is 2.73. The minimum Gasteiger partial charge on any atom is -1.00 e. The van der Waals surface area contributed by atoms with Crippen molar-refractivity contribution in [3.05, 3.63) is 90.3 Å². The molecule has 0 bridgehead atoms. The second-order valence-corrected chi connectivity index (χ2v) is 23.5. The minimum absolute atomic E-state index is 0. The molecule has 1 saturated carbocycles. The maximum absolute atomic E-state index is 2.73. The zero-order valence-corrected chi connectivity index (χ0v) is 34.2. The molecule has 1 unspecified atom stereocenters. The maximum Gasteiger partial charge on any atom is -1.00 e. The molecule has 0 saturated heterocycles. The minimum atomic E-state index is -2.46. The largest absolute Gasteiger partial charge is 1.00 e. The van der Waals surface area contributed by atoms with Gasteiger partial charge in [0, 0.05) is 0 Å². The van der Waals surface area contributed by atoms with Gasteiger partial charge in [-0.25, -0.2) is 0 Å². The van der Waals surface area contributed by atoms with Gasteiger partial charge in [-0.1, -0.05) is 0 Å². The molecule has 5 aliphatic rings. The summed E-state index contributed by atoms with van der Waals surface area (Å²) < 4.78 is 4.55. The Morgan fingerprint density at radius 1 is 0.739 bits per heavy atom. The Bertz CT molecular complexity index is 1690. The molecule has 1 atom stereocenters. The van der Waals surface area contributed by atoms with Gasteiger partial charge in [0.25, 0.3) is 0 Å². The van der Waals surface area contributed by atoms with Crippen molar-refractivity contribution in [3.8, 4) is 11.1 Å². The van der Waals surface area contributed by atoms with E-state index in [0.29, 0.717) is 9.54 Å². The second kappa shape index (κ2) is 12.3. The van der Waals surface area contributed by atoms with Gasteiger partial charge in [-0.15, -0.1) is 0 Å². The van der Waals surface area contributed by atoms with Gasteiger partial charge in [0.15, 0.2) is 0 Å². The number of rotatable bonds is 3. The van der Waals surface area contributed by atoms with Crippen LogP contribution in [0, 0.1) is 11.3 Å². The van der Waals surface area contributed by atoms with Crippen LogP contribution in [0.25, 0.3) is 22.3 Å². The van der Waals surface area contributed by atoms with E-state index >= 15 is 0 Å². The first kappa shape index (κ1) is 36.0. The fourth-order valence-corrected chi connectivity index (χ4v) is 20.5. The zero-order chi connectivity index (χ0) is 31.5. The first-order valence-corrected chi connectivity index (χ1v) is 21.5. The van der Waals surface area contributed by atoms with E-state index < -0.39 is 21.3 Å². The van der Waals surface area contributed by atoms with Crippen molar-refractivity contribution in [1.82, 2.24) is 0 Å². The van der Waals surface area contributed by atoms with Crippen LogP contribution in [0.5, 0.6) is 0 Å². The molecule has 0 aromatic heterocycles. The molecule has 5 aliphatic carbocycles. The van der Waals surface area contributed by atoms with Crippen LogP contribution in [0.15, 0.2) is 56.9 Å². The Morgan fingerprint density at radius 2 is 1.22 bits per heavy atom. The predicted octanol–water partition coefficient (Wildman–Crippen LogP) is 6.19. The van der Waals surface area contributed by atoms with Crippen molar-refractivity contribution < 1.29 is 46.1 Å². The Labute approximate surface area is 300 Å². The van der Waals surface area contributed by atoms with E-state index in [4.69, 9.17) is 0 Å². The van der Waals surface area contributed by atoms with Gasteiger partial charge in [-0.2, -0.15) is 0 Å². The van der Waals surface area contributed by atoms with E-state index in [2.05, 4.69) is 119 Å². The first-order valence-electron chi connectivity index (χ1n) is 17.6. The van der Waals surface area contributed by atoms with Gasteiger partial charge in [-0.05, 0) is 0 Å². The summed E-state index contributed by atoms with van der Waals surface area (Å²) in [6.45, 7) is 26.8. The topological polar surface area (TPSA) is 0 Å². The summed E-state index contributed by atoms with van der Waals surface area (Å²) in [4.78, 5) is 0. The fourth-order valence-electron chi connectivity index (χ4n) is 9.91. The summed E-state index contributed by atoms with van der Waals surface area (Å²) in [7, 11) is 0. The van der Waals surface area contributed by atoms with Gasteiger partial charge in [-0.3, -0.25) is 0 Å². The van der Waals surface area contributed by atoms with Crippen LogP contribution in [0.2, 0.25) is 0 Å². The third-order valence-corrected chi connectivity index (χ3v) is 21.1. The van der Waals surface area contributed by atoms with Crippen LogP contribution in [0.4, 0.5) is 0 Å². The molecule has 244 valence electrons. The number of fused-ring (bicyclic) bond motifs is 5. The monoisotopic (exact) mass is 730 g/mol. The van der Waals surface area contributed by atoms with Crippen molar-refractivity contribution >= 4 is 14.4 Å². The molecule has 3 heteroatoms. The van der Waals surface area contributed by atoms with Gasteiger partial charge >= 0.3 is 278 Å². The standard InChI is InChI=1S/C25H25.C12H19.C6H10.2ClH.Zr/c1-14-12-24(3,4)22-8-16-7-17-9-23-19(15(2)13-25(23,5)6)11-21(17)20(16)10-18(14)22;1-6-10-7-9(2)8-11(10)12(3,4)5;1-2-4-6-5-3-1;;;/h7-13H,1-6H3;8-9H,6H2,1-5H3;1-5H2;2*1H;/q;;;;;+2/p-2. The number of halogens is 2. The Kier molecular flexibility index (Phi) is 9.60. The predicted molar refractivity (Wildman–Crippen MR) is 189 cm³/mol. The Hall–Kier alpha value is -1.27. The average molecular weight is 733 g/mol. The molecular formula is C43H54Cl2Zr. The van der Waals surface area contributed by atoms with E-state index in [1.54, 1.807) is 44.5 Å². The summed E-state index contributed by atoms with van der Waals surface area (Å²) in [5.74, 6) is 0.570. The smallest absolute Gasteiger partial charge is 1.00 e. The van der Waals surface area contributed by atoms with Crippen molar-refractivity contribution in [3.63, 3.8) is 0 Å². The van der Waals surface area contributed by atoms with Gasteiger partial charge in [0.2, 0.25) is 0 Å². The molecule has 2 aromatic rings. The SMILES string of the molecule is CCC1=[C]([Zr+2](=[C]2CCCCC2)[CH]2c3cc4c(cc3-c3cc5c(cc32)C(C)(C)C=C5C)C(C)=CC4(C)C)C(C)C=C1C(C)(C)C.[Cl-].[Cl-]. The van der Waals surface area contributed by atoms with E-state index in [1.165, 1.54) is 60.8 Å². The summed E-state index contributed by atoms with van der Waals surface area (Å²) in [6, 6.07) is 10.7. The van der Waals surface area contributed by atoms with Crippen molar-refractivity contribution in [2.45, 2.75) is 129 Å². The molecule has 0 nitrogen and oxygen atoms in total. The van der Waals surface area contributed by atoms with Gasteiger partial charge in [0.05, 0.1) is 0 Å². The summed E-state index contributed by atoms with van der Waals surface area (Å²) >= 11 is -2.46. The first-order chi connectivity index (χ1) is 20.6. The molecule has 0 radical (unpaired) electrons. The molecule has 0 spiro atoms. The van der Waals surface area contributed by atoms with Crippen LogP contribution in [-0.4, -0.2) is 3.21 Å². The van der Waals surface area contributed by atoms with Gasteiger partial charge in [0.1, 0.15) is 0 Å². The quantitative estimate of drug-likeness (QED) is 0.353. The van der Waals surface area contributed by atoms with E-state index in [0.717, 1.165) is 0 Å². The molecule has 0 N–H and O–H groups in total. The molecule has 0 amide bonds. The van der Waals surface area contributed by atoms with Crippen molar-refractivity contribution in [2.24, 2.45) is 11.3 Å². The number of benzene rings is 2. The average Bonchev–Trinajstić information content (AvgIpc) is 3.60. The van der Waals surface area contributed by atoms with Crippen LogP contribution in [0.3, 0.4) is 0 Å². The molecule has 0 heterocycles. The van der Waals surface area contributed by atoms with Crippen molar-refractivity contribution in [1.29, 1.82) is 0 Å². The van der Waals surface area contributed by atoms with Crippen LogP contribution < -0.4 is 24.8 Å². The third-order valence-electron chi connectivity index (χ3n) is 11.8. The molecule has 0 aliphatic heterocycles. The van der Waals surface area contributed by atoms with Gasteiger partial charge < -0.3 is 24.8 Å². The Morgan fingerprint density at radius 3 is 1.65 bits per heavy atom. The molecule has 7 rings (SSSR count). The molecule has 46 heavy (non-hydrogen) atoms. The number of hydrogen-bond acceptors (Lipinski definition) is 0. The second-order valence-electron chi connectivity index (χ2n) is 16.9. The molecular weight excluding hydrogens is 679 g/mol.